The number of anilines is 1. The highest BCUT2D eigenvalue weighted by Gasteiger charge is 2.25. The molecular weight excluding hydrogens is 224 g/mol. The highest BCUT2D eigenvalue weighted by molar-refractivity contribution is 5.35. The molecule has 1 aliphatic heterocycles. The van der Waals surface area contributed by atoms with Gasteiger partial charge in [0.05, 0.1) is 5.69 Å². The Labute approximate surface area is 110 Å². The molecule has 4 nitrogen and oxygen atoms in total. The summed E-state index contributed by atoms with van der Waals surface area (Å²) in [4.78, 5) is 7.18. The lowest BCUT2D eigenvalue weighted by atomic mass is 10.1. The van der Waals surface area contributed by atoms with Crippen LogP contribution in [0.2, 0.25) is 0 Å². The summed E-state index contributed by atoms with van der Waals surface area (Å²) in [5, 5.41) is 0. The van der Waals surface area contributed by atoms with Crippen molar-refractivity contribution in [2.24, 2.45) is 17.6 Å². The van der Waals surface area contributed by atoms with Crippen LogP contribution < -0.4 is 10.6 Å². The molecule has 1 aliphatic rings. The van der Waals surface area contributed by atoms with E-state index in [1.165, 1.54) is 12.1 Å². The molecule has 0 amide bonds. The Morgan fingerprint density at radius 2 is 2.28 bits per heavy atom. The molecule has 1 atom stereocenters. The van der Waals surface area contributed by atoms with E-state index in [1.807, 2.05) is 0 Å². The Kier molecular flexibility index (Phi) is 4.27. The van der Waals surface area contributed by atoms with E-state index in [-0.39, 0.29) is 0 Å². The van der Waals surface area contributed by atoms with Gasteiger partial charge in [0.25, 0.3) is 0 Å². The van der Waals surface area contributed by atoms with Crippen LogP contribution in [0.1, 0.15) is 32.9 Å². The molecule has 0 aliphatic carbocycles. The SMILES string of the molecule is CCc1cn(CC(C)C)c(N2CCC(CN)C2)n1. The standard InChI is InChI=1S/C14H26N4/c1-4-13-10-18(8-11(2)3)14(16-13)17-6-5-12(7-15)9-17/h10-12H,4-9,15H2,1-3H3. The number of aryl methyl sites for hydroxylation is 1. The Morgan fingerprint density at radius 1 is 1.50 bits per heavy atom. The molecule has 0 aromatic carbocycles. The van der Waals surface area contributed by atoms with Crippen molar-refractivity contribution in [3.8, 4) is 0 Å². The van der Waals surface area contributed by atoms with Crippen LogP contribution in [0.4, 0.5) is 5.95 Å². The molecule has 4 heteroatoms. The quantitative estimate of drug-likeness (QED) is 0.868. The summed E-state index contributed by atoms with van der Waals surface area (Å²) in [7, 11) is 0. The zero-order valence-electron chi connectivity index (χ0n) is 11.9. The second-order valence-electron chi connectivity index (χ2n) is 5.77. The topological polar surface area (TPSA) is 47.1 Å². The van der Waals surface area contributed by atoms with Crippen LogP contribution >= 0.6 is 0 Å². The van der Waals surface area contributed by atoms with Gasteiger partial charge < -0.3 is 15.2 Å². The monoisotopic (exact) mass is 250 g/mol. The minimum absolute atomic E-state index is 0.638. The van der Waals surface area contributed by atoms with Gasteiger partial charge in [-0.05, 0) is 31.2 Å². The fraction of sp³-hybridized carbons (Fsp3) is 0.786. The van der Waals surface area contributed by atoms with Crippen molar-refractivity contribution in [3.05, 3.63) is 11.9 Å². The highest BCUT2D eigenvalue weighted by atomic mass is 15.3. The largest absolute Gasteiger partial charge is 0.342 e. The highest BCUT2D eigenvalue weighted by Crippen LogP contribution is 2.24. The maximum absolute atomic E-state index is 5.77. The summed E-state index contributed by atoms with van der Waals surface area (Å²) in [6.07, 6.45) is 4.42. The van der Waals surface area contributed by atoms with Gasteiger partial charge in [-0.15, -0.1) is 0 Å². The molecule has 0 saturated carbocycles. The van der Waals surface area contributed by atoms with Crippen molar-refractivity contribution in [1.29, 1.82) is 0 Å². The minimum Gasteiger partial charge on any atom is -0.342 e. The molecule has 2 heterocycles. The molecule has 1 saturated heterocycles. The molecule has 0 spiro atoms. The zero-order chi connectivity index (χ0) is 13.1. The Balaban J connectivity index is 2.17. The lowest BCUT2D eigenvalue weighted by Crippen LogP contribution is -2.26. The van der Waals surface area contributed by atoms with E-state index in [2.05, 4.69) is 36.4 Å². The Morgan fingerprint density at radius 3 is 2.83 bits per heavy atom. The maximum Gasteiger partial charge on any atom is 0.205 e. The first kappa shape index (κ1) is 13.4. The lowest BCUT2D eigenvalue weighted by molar-refractivity contribution is 0.519. The number of hydrogen-bond donors (Lipinski definition) is 1. The second kappa shape index (κ2) is 5.74. The van der Waals surface area contributed by atoms with E-state index in [4.69, 9.17) is 10.7 Å². The molecular formula is C14H26N4. The number of nitrogens with zero attached hydrogens (tertiary/aromatic N) is 3. The van der Waals surface area contributed by atoms with Crippen molar-refractivity contribution >= 4 is 5.95 Å². The summed E-state index contributed by atoms with van der Waals surface area (Å²) < 4.78 is 2.32. The van der Waals surface area contributed by atoms with E-state index < -0.39 is 0 Å². The van der Waals surface area contributed by atoms with E-state index in [0.29, 0.717) is 11.8 Å². The summed E-state index contributed by atoms with van der Waals surface area (Å²) in [6, 6.07) is 0. The first-order valence-corrected chi connectivity index (χ1v) is 7.15. The summed E-state index contributed by atoms with van der Waals surface area (Å²) in [5.41, 5.74) is 6.97. The van der Waals surface area contributed by atoms with Gasteiger partial charge in [-0.1, -0.05) is 20.8 Å². The molecule has 1 unspecified atom stereocenters. The number of nitrogens with two attached hydrogens (primary N) is 1. The smallest absolute Gasteiger partial charge is 0.205 e. The van der Waals surface area contributed by atoms with Crippen molar-refractivity contribution in [2.75, 3.05) is 24.5 Å². The van der Waals surface area contributed by atoms with Gasteiger partial charge in [-0.3, -0.25) is 0 Å². The van der Waals surface area contributed by atoms with E-state index in [0.717, 1.165) is 38.5 Å². The van der Waals surface area contributed by atoms with Gasteiger partial charge >= 0.3 is 0 Å². The zero-order valence-corrected chi connectivity index (χ0v) is 11.9. The minimum atomic E-state index is 0.638. The van der Waals surface area contributed by atoms with Crippen molar-refractivity contribution in [2.45, 2.75) is 40.2 Å². The van der Waals surface area contributed by atoms with Crippen LogP contribution in [0, 0.1) is 11.8 Å². The predicted molar refractivity (Wildman–Crippen MR) is 75.8 cm³/mol. The third-order valence-corrected chi connectivity index (χ3v) is 3.63. The molecule has 1 fully saturated rings. The third-order valence-electron chi connectivity index (χ3n) is 3.63. The summed E-state index contributed by atoms with van der Waals surface area (Å²) in [6.45, 7) is 10.7. The van der Waals surface area contributed by atoms with Crippen LogP contribution in [-0.2, 0) is 13.0 Å². The van der Waals surface area contributed by atoms with Gasteiger partial charge in [0, 0.05) is 25.8 Å². The number of rotatable bonds is 5. The van der Waals surface area contributed by atoms with Crippen LogP contribution in [0.25, 0.3) is 0 Å². The fourth-order valence-corrected chi connectivity index (χ4v) is 2.62. The molecule has 1 aromatic heterocycles. The second-order valence-corrected chi connectivity index (χ2v) is 5.77. The molecule has 0 radical (unpaired) electrons. The molecule has 1 aromatic rings. The van der Waals surface area contributed by atoms with Gasteiger partial charge in [0.1, 0.15) is 0 Å². The number of hydrogen-bond acceptors (Lipinski definition) is 3. The van der Waals surface area contributed by atoms with Crippen molar-refractivity contribution in [1.82, 2.24) is 9.55 Å². The average molecular weight is 250 g/mol. The third kappa shape index (κ3) is 2.86. The van der Waals surface area contributed by atoms with E-state index >= 15 is 0 Å². The predicted octanol–water partition coefficient (Wildman–Crippen LogP) is 1.89. The lowest BCUT2D eigenvalue weighted by Gasteiger charge is -2.20. The molecule has 2 rings (SSSR count). The molecule has 0 bridgehead atoms. The average Bonchev–Trinajstić information content (AvgIpc) is 2.93. The number of imidazole rings is 1. The van der Waals surface area contributed by atoms with Crippen LogP contribution in [-0.4, -0.2) is 29.2 Å². The van der Waals surface area contributed by atoms with Crippen LogP contribution in [0.5, 0.6) is 0 Å². The van der Waals surface area contributed by atoms with Crippen LogP contribution in [0.15, 0.2) is 6.20 Å². The van der Waals surface area contributed by atoms with Crippen molar-refractivity contribution in [3.63, 3.8) is 0 Å². The van der Waals surface area contributed by atoms with Crippen molar-refractivity contribution < 1.29 is 0 Å². The van der Waals surface area contributed by atoms with Gasteiger partial charge in [-0.25, -0.2) is 4.98 Å². The van der Waals surface area contributed by atoms with Gasteiger partial charge in [-0.2, -0.15) is 0 Å². The first-order chi connectivity index (χ1) is 8.63. The maximum atomic E-state index is 5.77. The Hall–Kier alpha value is -1.03. The Bertz CT molecular complexity index is 383. The molecule has 18 heavy (non-hydrogen) atoms. The van der Waals surface area contributed by atoms with E-state index in [1.54, 1.807) is 0 Å². The molecule has 2 N–H and O–H groups in total. The van der Waals surface area contributed by atoms with Gasteiger partial charge in [0.2, 0.25) is 5.95 Å². The van der Waals surface area contributed by atoms with E-state index in [9.17, 15) is 0 Å². The van der Waals surface area contributed by atoms with Crippen LogP contribution in [0.3, 0.4) is 0 Å². The number of aromatic nitrogens is 2. The summed E-state index contributed by atoms with van der Waals surface area (Å²) >= 11 is 0. The molecule has 102 valence electrons. The summed E-state index contributed by atoms with van der Waals surface area (Å²) in [5.74, 6) is 2.44. The fourth-order valence-electron chi connectivity index (χ4n) is 2.62. The van der Waals surface area contributed by atoms with Gasteiger partial charge in [0.15, 0.2) is 0 Å². The normalized spacial score (nSPS) is 20.1. The first-order valence-electron chi connectivity index (χ1n) is 7.15.